The fraction of sp³-hybridized carbons (Fsp3) is 0. The Hall–Kier alpha value is -7.28. The predicted molar refractivity (Wildman–Crippen MR) is 241 cm³/mol. The van der Waals surface area contributed by atoms with E-state index in [1.54, 1.807) is 0 Å². The van der Waals surface area contributed by atoms with E-state index in [0.717, 1.165) is 0 Å². The van der Waals surface area contributed by atoms with E-state index in [2.05, 4.69) is 218 Å². The van der Waals surface area contributed by atoms with Crippen LogP contribution in [0.5, 0.6) is 0 Å². The van der Waals surface area contributed by atoms with E-state index in [9.17, 15) is 0 Å². The van der Waals surface area contributed by atoms with E-state index in [-0.39, 0.29) is 0 Å². The molecule has 0 unspecified atom stereocenters. The Morgan fingerprint density at radius 3 is 1.25 bits per heavy atom. The number of hydrogen-bond donors (Lipinski definition) is 0. The maximum atomic E-state index is 2.43. The van der Waals surface area contributed by atoms with Crippen LogP contribution in [-0.2, 0) is 0 Å². The topological polar surface area (TPSA) is 0 Å². The van der Waals surface area contributed by atoms with Crippen LogP contribution in [0.25, 0.3) is 109 Å². The average Bonchev–Trinajstić information content (AvgIpc) is 3.27. The minimum Gasteiger partial charge on any atom is -0.0616 e. The third kappa shape index (κ3) is 5.46. The van der Waals surface area contributed by atoms with Crippen LogP contribution in [0.1, 0.15) is 0 Å². The first kappa shape index (κ1) is 32.2. The summed E-state index contributed by atoms with van der Waals surface area (Å²) >= 11 is 0. The minimum atomic E-state index is 1.21. The molecule has 0 atom stereocenters. The monoisotopic (exact) mass is 708 g/mol. The lowest BCUT2D eigenvalue weighted by Crippen LogP contribution is -1.93. The number of benzene rings is 11. The molecule has 11 aromatic rings. The van der Waals surface area contributed by atoms with Crippen molar-refractivity contribution in [3.8, 4) is 55.6 Å². The third-order valence-electron chi connectivity index (χ3n) is 11.6. The molecule has 0 saturated heterocycles. The summed E-state index contributed by atoms with van der Waals surface area (Å²) in [4.78, 5) is 0. The standard InChI is InChI=1S/C56H36/c1-3-15-40-32-43(28-26-37(40)12-1)42-18-9-20-47(34-42)56-52-24-8-7-23-51(52)55(48-21-10-19-46(35-48)50-25-11-17-39-14-5-6-22-49(39)50)53-31-30-45(36-54(53)56)44-29-27-38-13-2-4-16-41(38)33-44/h1-36H. The molecule has 0 heteroatoms. The van der Waals surface area contributed by atoms with Crippen LogP contribution in [0.3, 0.4) is 0 Å². The summed E-state index contributed by atoms with van der Waals surface area (Å²) in [7, 11) is 0. The SMILES string of the molecule is c1cc(-c2ccc3ccccc3c2)cc(-c2c3ccccc3c(-c3cccc(-c4cccc5ccccc45)c3)c3ccc(-c4ccc5ccccc5c4)cc23)c1. The van der Waals surface area contributed by atoms with Crippen molar-refractivity contribution in [3.05, 3.63) is 218 Å². The maximum Gasteiger partial charge on any atom is -0.00259 e. The molecule has 0 spiro atoms. The Labute approximate surface area is 326 Å². The molecule has 260 valence electrons. The molecule has 0 amide bonds. The van der Waals surface area contributed by atoms with Crippen molar-refractivity contribution in [1.82, 2.24) is 0 Å². The van der Waals surface area contributed by atoms with Crippen LogP contribution in [0, 0.1) is 0 Å². The first-order valence-corrected chi connectivity index (χ1v) is 19.4. The number of fused-ring (bicyclic) bond motifs is 5. The Morgan fingerprint density at radius 1 is 0.179 bits per heavy atom. The van der Waals surface area contributed by atoms with Crippen molar-refractivity contribution in [1.29, 1.82) is 0 Å². The van der Waals surface area contributed by atoms with Gasteiger partial charge in [0.25, 0.3) is 0 Å². The lowest BCUT2D eigenvalue weighted by Gasteiger charge is -2.20. The second-order valence-electron chi connectivity index (χ2n) is 14.9. The number of hydrogen-bond acceptors (Lipinski definition) is 0. The van der Waals surface area contributed by atoms with Gasteiger partial charge in [0, 0.05) is 0 Å². The Balaban J connectivity index is 1.17. The predicted octanol–water partition coefficient (Wildman–Crippen LogP) is 15.8. The summed E-state index contributed by atoms with van der Waals surface area (Å²) in [6.07, 6.45) is 0. The highest BCUT2D eigenvalue weighted by Crippen LogP contribution is 2.46. The quantitative estimate of drug-likeness (QED) is 0.156. The van der Waals surface area contributed by atoms with Gasteiger partial charge in [-0.25, -0.2) is 0 Å². The molecule has 0 nitrogen and oxygen atoms in total. The molecule has 0 saturated carbocycles. The van der Waals surface area contributed by atoms with Crippen LogP contribution in [0.4, 0.5) is 0 Å². The fourth-order valence-electron chi connectivity index (χ4n) is 8.89. The van der Waals surface area contributed by atoms with Gasteiger partial charge in [-0.05, 0) is 140 Å². The van der Waals surface area contributed by atoms with Crippen LogP contribution in [0.2, 0.25) is 0 Å². The first-order valence-electron chi connectivity index (χ1n) is 19.4. The second-order valence-corrected chi connectivity index (χ2v) is 14.9. The smallest absolute Gasteiger partial charge is 0.00259 e. The van der Waals surface area contributed by atoms with Gasteiger partial charge in [0.05, 0.1) is 0 Å². The maximum absolute atomic E-state index is 2.43. The first-order chi connectivity index (χ1) is 27.7. The van der Waals surface area contributed by atoms with Crippen molar-refractivity contribution < 1.29 is 0 Å². The van der Waals surface area contributed by atoms with Gasteiger partial charge in [0.15, 0.2) is 0 Å². The molecule has 0 radical (unpaired) electrons. The average molecular weight is 709 g/mol. The zero-order valence-electron chi connectivity index (χ0n) is 30.8. The molecule has 0 N–H and O–H groups in total. The molecule has 0 aromatic heterocycles. The van der Waals surface area contributed by atoms with Crippen molar-refractivity contribution in [3.63, 3.8) is 0 Å². The van der Waals surface area contributed by atoms with Gasteiger partial charge in [0.2, 0.25) is 0 Å². The van der Waals surface area contributed by atoms with Crippen LogP contribution in [-0.4, -0.2) is 0 Å². The molecule has 11 rings (SSSR count). The van der Waals surface area contributed by atoms with E-state index in [4.69, 9.17) is 0 Å². The Morgan fingerprint density at radius 2 is 0.589 bits per heavy atom. The Kier molecular flexibility index (Phi) is 7.60. The van der Waals surface area contributed by atoms with E-state index in [1.165, 1.54) is 109 Å². The van der Waals surface area contributed by atoms with Gasteiger partial charge in [-0.3, -0.25) is 0 Å². The van der Waals surface area contributed by atoms with Crippen molar-refractivity contribution in [2.45, 2.75) is 0 Å². The highest BCUT2D eigenvalue weighted by atomic mass is 14.2. The molecule has 11 aromatic carbocycles. The molecule has 56 heavy (non-hydrogen) atoms. The van der Waals surface area contributed by atoms with Crippen molar-refractivity contribution >= 4 is 53.9 Å². The van der Waals surface area contributed by atoms with E-state index >= 15 is 0 Å². The molecular weight excluding hydrogens is 673 g/mol. The number of rotatable bonds is 5. The third-order valence-corrected chi connectivity index (χ3v) is 11.6. The van der Waals surface area contributed by atoms with E-state index in [0.29, 0.717) is 0 Å². The molecule has 0 aliphatic carbocycles. The zero-order valence-corrected chi connectivity index (χ0v) is 30.8. The summed E-state index contributed by atoms with van der Waals surface area (Å²) in [5, 5.41) is 12.5. The van der Waals surface area contributed by atoms with Gasteiger partial charge < -0.3 is 0 Å². The van der Waals surface area contributed by atoms with E-state index in [1.807, 2.05) is 0 Å². The summed E-state index contributed by atoms with van der Waals surface area (Å²) in [6.45, 7) is 0. The van der Waals surface area contributed by atoms with E-state index < -0.39 is 0 Å². The van der Waals surface area contributed by atoms with Gasteiger partial charge in [-0.2, -0.15) is 0 Å². The lowest BCUT2D eigenvalue weighted by molar-refractivity contribution is 1.61. The van der Waals surface area contributed by atoms with Gasteiger partial charge in [-0.15, -0.1) is 0 Å². The largest absolute Gasteiger partial charge is 0.0616 e. The molecule has 0 fully saturated rings. The highest BCUT2D eigenvalue weighted by molar-refractivity contribution is 6.22. The summed E-state index contributed by atoms with van der Waals surface area (Å²) < 4.78 is 0. The van der Waals surface area contributed by atoms with Gasteiger partial charge in [-0.1, -0.05) is 188 Å². The highest BCUT2D eigenvalue weighted by Gasteiger charge is 2.19. The van der Waals surface area contributed by atoms with Crippen LogP contribution < -0.4 is 0 Å². The van der Waals surface area contributed by atoms with Crippen molar-refractivity contribution in [2.24, 2.45) is 0 Å². The molecular formula is C56H36. The van der Waals surface area contributed by atoms with Gasteiger partial charge in [0.1, 0.15) is 0 Å². The summed E-state index contributed by atoms with van der Waals surface area (Å²) in [5.74, 6) is 0. The zero-order chi connectivity index (χ0) is 37.0. The minimum absolute atomic E-state index is 1.21. The molecule has 0 aliphatic heterocycles. The van der Waals surface area contributed by atoms with Crippen molar-refractivity contribution in [2.75, 3.05) is 0 Å². The summed E-state index contributed by atoms with van der Waals surface area (Å²) in [6, 6.07) is 80.5. The van der Waals surface area contributed by atoms with Gasteiger partial charge >= 0.3 is 0 Å². The molecule has 0 heterocycles. The van der Waals surface area contributed by atoms with Crippen LogP contribution >= 0.6 is 0 Å². The lowest BCUT2D eigenvalue weighted by atomic mass is 9.83. The fourth-order valence-corrected chi connectivity index (χ4v) is 8.89. The Bertz CT molecular complexity index is 3300. The second kappa shape index (κ2) is 13.2. The molecule has 0 aliphatic rings. The summed E-state index contributed by atoms with van der Waals surface area (Å²) in [5.41, 5.74) is 12.3. The molecule has 0 bridgehead atoms. The van der Waals surface area contributed by atoms with Crippen LogP contribution in [0.15, 0.2) is 218 Å². The normalized spacial score (nSPS) is 11.6.